The van der Waals surface area contributed by atoms with Crippen molar-refractivity contribution in [3.8, 4) is 5.75 Å². The van der Waals surface area contributed by atoms with E-state index in [2.05, 4.69) is 0 Å². The van der Waals surface area contributed by atoms with Crippen LogP contribution >= 0.6 is 11.3 Å². The van der Waals surface area contributed by atoms with E-state index in [0.717, 1.165) is 15.6 Å². The highest BCUT2D eigenvalue weighted by molar-refractivity contribution is 7.94. The van der Waals surface area contributed by atoms with Crippen molar-refractivity contribution in [1.82, 2.24) is 4.90 Å². The Morgan fingerprint density at radius 1 is 1.12 bits per heavy atom. The van der Waals surface area contributed by atoms with Crippen LogP contribution < -0.4 is 9.04 Å². The van der Waals surface area contributed by atoms with E-state index in [1.807, 2.05) is 13.8 Å². The number of carbonyl (C=O) groups excluding carboxylic acids is 1. The molecule has 1 aromatic carbocycles. The van der Waals surface area contributed by atoms with E-state index in [1.54, 1.807) is 40.6 Å². The molecule has 0 N–H and O–H groups in total. The van der Waals surface area contributed by atoms with Gasteiger partial charge < -0.3 is 9.64 Å². The first-order valence-electron chi connectivity index (χ1n) is 7.92. The van der Waals surface area contributed by atoms with Crippen molar-refractivity contribution >= 4 is 33.0 Å². The molecular formula is C17H22N2O4S2. The quantitative estimate of drug-likeness (QED) is 0.704. The van der Waals surface area contributed by atoms with Crippen molar-refractivity contribution in [3.63, 3.8) is 0 Å². The van der Waals surface area contributed by atoms with E-state index in [9.17, 15) is 13.2 Å². The van der Waals surface area contributed by atoms with Crippen molar-refractivity contribution < 1.29 is 17.9 Å². The summed E-state index contributed by atoms with van der Waals surface area (Å²) in [5.41, 5.74) is 0.346. The second-order valence-electron chi connectivity index (χ2n) is 5.18. The molecule has 25 heavy (non-hydrogen) atoms. The van der Waals surface area contributed by atoms with Gasteiger partial charge in [-0.2, -0.15) is 0 Å². The minimum Gasteiger partial charge on any atom is -0.495 e. The molecule has 0 aliphatic rings. The van der Waals surface area contributed by atoms with E-state index in [4.69, 9.17) is 4.74 Å². The number of methoxy groups -OCH3 is 1. The summed E-state index contributed by atoms with van der Waals surface area (Å²) in [6.07, 6.45) is 0. The van der Waals surface area contributed by atoms with E-state index < -0.39 is 10.0 Å². The minimum atomic E-state index is -3.86. The number of nitrogens with zero attached hydrogens (tertiary/aromatic N) is 2. The zero-order chi connectivity index (χ0) is 18.4. The van der Waals surface area contributed by atoms with Gasteiger partial charge in [-0.3, -0.25) is 9.10 Å². The number of benzene rings is 1. The van der Waals surface area contributed by atoms with Gasteiger partial charge in [0.1, 0.15) is 16.5 Å². The lowest BCUT2D eigenvalue weighted by atomic mass is 10.3. The maximum absolute atomic E-state index is 13.1. The topological polar surface area (TPSA) is 66.9 Å². The number of rotatable bonds is 8. The molecule has 2 aromatic rings. The average molecular weight is 383 g/mol. The Morgan fingerprint density at radius 2 is 1.80 bits per heavy atom. The molecule has 0 saturated heterocycles. The molecule has 1 aromatic heterocycles. The molecule has 0 saturated carbocycles. The largest absolute Gasteiger partial charge is 0.495 e. The average Bonchev–Trinajstić information content (AvgIpc) is 3.16. The Balaban J connectivity index is 2.51. The van der Waals surface area contributed by atoms with Gasteiger partial charge in [0.05, 0.1) is 12.8 Å². The number of hydrogen-bond donors (Lipinski definition) is 0. The van der Waals surface area contributed by atoms with Gasteiger partial charge in [0.15, 0.2) is 0 Å². The number of thiophene rings is 1. The zero-order valence-electron chi connectivity index (χ0n) is 14.5. The highest BCUT2D eigenvalue weighted by Crippen LogP contribution is 2.33. The molecular weight excluding hydrogens is 360 g/mol. The molecule has 2 rings (SSSR count). The van der Waals surface area contributed by atoms with Crippen molar-refractivity contribution in [3.05, 3.63) is 41.8 Å². The smallest absolute Gasteiger partial charge is 0.274 e. The molecule has 0 atom stereocenters. The summed E-state index contributed by atoms with van der Waals surface area (Å²) in [7, 11) is -2.39. The first-order valence-corrected chi connectivity index (χ1v) is 10.2. The van der Waals surface area contributed by atoms with Crippen LogP contribution in [0.15, 0.2) is 46.0 Å². The van der Waals surface area contributed by atoms with E-state index in [1.165, 1.54) is 13.2 Å². The summed E-state index contributed by atoms with van der Waals surface area (Å²) in [6, 6.07) is 9.99. The molecule has 0 unspecified atom stereocenters. The fourth-order valence-corrected chi connectivity index (χ4v) is 4.98. The number of carbonyl (C=O) groups is 1. The fraction of sp³-hybridized carbons (Fsp3) is 0.353. The van der Waals surface area contributed by atoms with Crippen molar-refractivity contribution in [2.45, 2.75) is 18.1 Å². The first kappa shape index (κ1) is 19.3. The number of para-hydroxylation sites is 2. The lowest BCUT2D eigenvalue weighted by Gasteiger charge is -2.27. The van der Waals surface area contributed by atoms with Gasteiger partial charge in [0.2, 0.25) is 5.91 Å². The highest BCUT2D eigenvalue weighted by Gasteiger charge is 2.31. The summed E-state index contributed by atoms with van der Waals surface area (Å²) < 4.78 is 32.8. The third-order valence-electron chi connectivity index (χ3n) is 3.79. The SMILES string of the molecule is CCN(CC)C(=O)CN(c1ccccc1OC)S(=O)(=O)c1cccs1. The van der Waals surface area contributed by atoms with Gasteiger partial charge in [-0.25, -0.2) is 8.42 Å². The Hall–Kier alpha value is -2.06. The number of amides is 1. The Bertz CT molecular complexity index is 800. The molecule has 136 valence electrons. The van der Waals surface area contributed by atoms with Crippen LogP contribution in [0.5, 0.6) is 5.75 Å². The van der Waals surface area contributed by atoms with Crippen molar-refractivity contribution in [2.75, 3.05) is 31.0 Å². The molecule has 0 fully saturated rings. The lowest BCUT2D eigenvalue weighted by Crippen LogP contribution is -2.43. The fourth-order valence-electron chi connectivity index (χ4n) is 2.45. The van der Waals surface area contributed by atoms with E-state index in [-0.39, 0.29) is 16.7 Å². The van der Waals surface area contributed by atoms with Crippen LogP contribution in [-0.2, 0) is 14.8 Å². The third kappa shape index (κ3) is 4.13. The molecule has 1 amide bonds. The highest BCUT2D eigenvalue weighted by atomic mass is 32.2. The zero-order valence-corrected chi connectivity index (χ0v) is 16.1. The maximum Gasteiger partial charge on any atom is 0.274 e. The molecule has 0 aliphatic heterocycles. The molecule has 6 nitrogen and oxygen atoms in total. The molecule has 1 heterocycles. The minimum absolute atomic E-state index is 0.186. The van der Waals surface area contributed by atoms with E-state index >= 15 is 0 Å². The third-order valence-corrected chi connectivity index (χ3v) is 6.92. The van der Waals surface area contributed by atoms with Gasteiger partial charge in [-0.1, -0.05) is 18.2 Å². The number of ether oxygens (including phenoxy) is 1. The second-order valence-corrected chi connectivity index (χ2v) is 8.22. The van der Waals surface area contributed by atoms with Gasteiger partial charge in [0.25, 0.3) is 10.0 Å². The second kappa shape index (κ2) is 8.35. The van der Waals surface area contributed by atoms with Gasteiger partial charge in [-0.15, -0.1) is 11.3 Å². The number of hydrogen-bond acceptors (Lipinski definition) is 5. The first-order chi connectivity index (χ1) is 12.0. The molecule has 0 aliphatic carbocycles. The Labute approximate surface area is 152 Å². The number of sulfonamides is 1. The molecule has 0 spiro atoms. The summed E-state index contributed by atoms with van der Waals surface area (Å²) in [5, 5.41) is 1.69. The molecule has 8 heteroatoms. The number of likely N-dealkylation sites (N-methyl/N-ethyl adjacent to an activating group) is 1. The molecule has 0 radical (unpaired) electrons. The lowest BCUT2D eigenvalue weighted by molar-refractivity contribution is -0.129. The van der Waals surface area contributed by atoms with Gasteiger partial charge in [-0.05, 0) is 37.4 Å². The van der Waals surface area contributed by atoms with Crippen LogP contribution in [0.25, 0.3) is 0 Å². The summed E-state index contributed by atoms with van der Waals surface area (Å²) in [4.78, 5) is 14.2. The van der Waals surface area contributed by atoms with Crippen LogP contribution in [0.2, 0.25) is 0 Å². The summed E-state index contributed by atoms with van der Waals surface area (Å²) in [6.45, 7) is 4.50. The summed E-state index contributed by atoms with van der Waals surface area (Å²) in [5.74, 6) is 0.144. The summed E-state index contributed by atoms with van der Waals surface area (Å²) >= 11 is 1.12. The maximum atomic E-state index is 13.1. The Kier molecular flexibility index (Phi) is 6.44. The van der Waals surface area contributed by atoms with Crippen LogP contribution in [0.4, 0.5) is 5.69 Å². The molecule has 0 bridgehead atoms. The predicted octanol–water partition coefficient (Wildman–Crippen LogP) is 2.82. The predicted molar refractivity (Wildman–Crippen MR) is 99.8 cm³/mol. The number of anilines is 1. The standard InChI is InChI=1S/C17H22N2O4S2/c1-4-18(5-2)16(20)13-19(14-9-6-7-10-15(14)23-3)25(21,22)17-11-8-12-24-17/h6-12H,4-5,13H2,1-3H3. The van der Waals surface area contributed by atoms with E-state index in [0.29, 0.717) is 24.5 Å². The Morgan fingerprint density at radius 3 is 2.36 bits per heavy atom. The van der Waals surface area contributed by atoms with Crippen molar-refractivity contribution in [2.24, 2.45) is 0 Å². The van der Waals surface area contributed by atoms with Gasteiger partial charge in [0, 0.05) is 13.1 Å². The van der Waals surface area contributed by atoms with Crippen LogP contribution in [0.1, 0.15) is 13.8 Å². The van der Waals surface area contributed by atoms with Crippen LogP contribution in [-0.4, -0.2) is 46.0 Å². The van der Waals surface area contributed by atoms with Gasteiger partial charge >= 0.3 is 0 Å². The monoisotopic (exact) mass is 382 g/mol. The normalized spacial score (nSPS) is 11.2. The van der Waals surface area contributed by atoms with Crippen LogP contribution in [0.3, 0.4) is 0 Å². The van der Waals surface area contributed by atoms with Crippen molar-refractivity contribution in [1.29, 1.82) is 0 Å². The van der Waals surface area contributed by atoms with Crippen LogP contribution in [0, 0.1) is 0 Å².